The van der Waals surface area contributed by atoms with Crippen molar-refractivity contribution in [3.05, 3.63) is 34.7 Å². The van der Waals surface area contributed by atoms with E-state index in [0.29, 0.717) is 5.76 Å². The monoisotopic (exact) mass is 312 g/mol. The van der Waals surface area contributed by atoms with Gasteiger partial charge in [0.15, 0.2) is 5.76 Å². The van der Waals surface area contributed by atoms with Crippen molar-refractivity contribution in [3.63, 3.8) is 0 Å². The number of piperazine rings is 1. The van der Waals surface area contributed by atoms with E-state index in [1.165, 1.54) is 0 Å². The Kier molecular flexibility index (Phi) is 4.24. The van der Waals surface area contributed by atoms with E-state index in [1.54, 1.807) is 6.07 Å². The predicted molar refractivity (Wildman–Crippen MR) is 73.9 cm³/mol. The van der Waals surface area contributed by atoms with Crippen LogP contribution in [0.15, 0.2) is 27.6 Å². The van der Waals surface area contributed by atoms with E-state index in [1.807, 2.05) is 17.9 Å². The molecule has 0 radical (unpaired) electrons. The maximum absolute atomic E-state index is 12.1. The standard InChI is InChI=1S/C13H17BrN2O2/c1-10(14)9-15-5-7-16(8-6-15)13(17)12-4-3-11(2)18-12/h3-4H,1,5-9H2,2H3. The summed E-state index contributed by atoms with van der Waals surface area (Å²) < 4.78 is 6.34. The van der Waals surface area contributed by atoms with E-state index in [2.05, 4.69) is 27.4 Å². The van der Waals surface area contributed by atoms with Crippen molar-refractivity contribution >= 4 is 21.8 Å². The molecule has 0 spiro atoms. The second kappa shape index (κ2) is 5.71. The first-order valence-electron chi connectivity index (χ1n) is 5.97. The molecule has 0 atom stereocenters. The second-order valence-electron chi connectivity index (χ2n) is 4.50. The van der Waals surface area contributed by atoms with Crippen LogP contribution in [0.5, 0.6) is 0 Å². The maximum Gasteiger partial charge on any atom is 0.289 e. The minimum atomic E-state index is -0.0135. The highest BCUT2D eigenvalue weighted by Gasteiger charge is 2.23. The Balaban J connectivity index is 1.90. The average Bonchev–Trinajstić information content (AvgIpc) is 2.75. The molecule has 2 heterocycles. The Morgan fingerprint density at radius 3 is 2.56 bits per heavy atom. The van der Waals surface area contributed by atoms with Crippen LogP contribution in [0.25, 0.3) is 0 Å². The quantitative estimate of drug-likeness (QED) is 0.859. The Morgan fingerprint density at radius 1 is 1.39 bits per heavy atom. The SMILES string of the molecule is C=C(Br)CN1CCN(C(=O)c2ccc(C)o2)CC1. The number of hydrogen-bond donors (Lipinski definition) is 0. The van der Waals surface area contributed by atoms with Crippen molar-refractivity contribution in [2.24, 2.45) is 0 Å². The van der Waals surface area contributed by atoms with E-state index >= 15 is 0 Å². The van der Waals surface area contributed by atoms with E-state index in [9.17, 15) is 4.79 Å². The summed E-state index contributed by atoms with van der Waals surface area (Å²) in [7, 11) is 0. The highest BCUT2D eigenvalue weighted by Crippen LogP contribution is 2.13. The van der Waals surface area contributed by atoms with Crippen LogP contribution in [0, 0.1) is 6.92 Å². The summed E-state index contributed by atoms with van der Waals surface area (Å²) in [4.78, 5) is 16.2. The lowest BCUT2D eigenvalue weighted by molar-refractivity contribution is 0.0617. The van der Waals surface area contributed by atoms with Gasteiger partial charge in [-0.05, 0) is 19.1 Å². The largest absolute Gasteiger partial charge is 0.456 e. The van der Waals surface area contributed by atoms with Gasteiger partial charge in [0.1, 0.15) is 5.76 Å². The normalized spacial score (nSPS) is 16.9. The molecule has 18 heavy (non-hydrogen) atoms. The van der Waals surface area contributed by atoms with Crippen molar-refractivity contribution in [2.75, 3.05) is 32.7 Å². The molecule has 1 amide bonds. The van der Waals surface area contributed by atoms with Crippen LogP contribution in [0.3, 0.4) is 0 Å². The lowest BCUT2D eigenvalue weighted by atomic mass is 10.3. The second-order valence-corrected chi connectivity index (χ2v) is 5.62. The number of nitrogens with zero attached hydrogens (tertiary/aromatic N) is 2. The summed E-state index contributed by atoms with van der Waals surface area (Å²) in [5, 5.41) is 0. The molecule has 0 N–H and O–H groups in total. The van der Waals surface area contributed by atoms with Crippen LogP contribution >= 0.6 is 15.9 Å². The maximum atomic E-state index is 12.1. The summed E-state index contributed by atoms with van der Waals surface area (Å²) in [5.41, 5.74) is 0. The van der Waals surface area contributed by atoms with Crippen LogP contribution in [0.2, 0.25) is 0 Å². The van der Waals surface area contributed by atoms with Crippen LogP contribution in [0.4, 0.5) is 0 Å². The molecule has 2 rings (SSSR count). The highest BCUT2D eigenvalue weighted by atomic mass is 79.9. The summed E-state index contributed by atoms with van der Waals surface area (Å²) in [6.07, 6.45) is 0. The van der Waals surface area contributed by atoms with Gasteiger partial charge in [-0.2, -0.15) is 0 Å². The van der Waals surface area contributed by atoms with Gasteiger partial charge < -0.3 is 9.32 Å². The van der Waals surface area contributed by atoms with Gasteiger partial charge in [-0.1, -0.05) is 22.5 Å². The first kappa shape index (κ1) is 13.4. The van der Waals surface area contributed by atoms with Crippen LogP contribution < -0.4 is 0 Å². The number of furan rings is 1. The van der Waals surface area contributed by atoms with Crippen molar-refractivity contribution < 1.29 is 9.21 Å². The van der Waals surface area contributed by atoms with Gasteiger partial charge >= 0.3 is 0 Å². The summed E-state index contributed by atoms with van der Waals surface area (Å²) in [5.74, 6) is 1.19. The average molecular weight is 313 g/mol. The Bertz CT molecular complexity index is 448. The number of amides is 1. The predicted octanol–water partition coefficient (Wildman–Crippen LogP) is 2.25. The van der Waals surface area contributed by atoms with Gasteiger partial charge in [-0.3, -0.25) is 9.69 Å². The number of carbonyl (C=O) groups excluding carboxylic acids is 1. The molecule has 1 aromatic heterocycles. The van der Waals surface area contributed by atoms with E-state index in [-0.39, 0.29) is 5.91 Å². The molecule has 1 saturated heterocycles. The lowest BCUT2D eigenvalue weighted by Gasteiger charge is -2.34. The van der Waals surface area contributed by atoms with Gasteiger partial charge in [0.2, 0.25) is 0 Å². The fraction of sp³-hybridized carbons (Fsp3) is 0.462. The fourth-order valence-electron chi connectivity index (χ4n) is 2.06. The van der Waals surface area contributed by atoms with E-state index < -0.39 is 0 Å². The van der Waals surface area contributed by atoms with Gasteiger partial charge in [0.25, 0.3) is 5.91 Å². The Hall–Kier alpha value is -1.07. The highest BCUT2D eigenvalue weighted by molar-refractivity contribution is 9.11. The zero-order valence-corrected chi connectivity index (χ0v) is 12.1. The van der Waals surface area contributed by atoms with Crippen molar-refractivity contribution in [1.29, 1.82) is 0 Å². The molecule has 1 aliphatic heterocycles. The molecule has 0 aliphatic carbocycles. The molecule has 98 valence electrons. The lowest BCUT2D eigenvalue weighted by Crippen LogP contribution is -2.48. The number of halogens is 1. The number of hydrogen-bond acceptors (Lipinski definition) is 3. The van der Waals surface area contributed by atoms with Gasteiger partial charge in [0, 0.05) is 37.2 Å². The molecule has 4 nitrogen and oxygen atoms in total. The number of aryl methyl sites for hydroxylation is 1. The van der Waals surface area contributed by atoms with Crippen molar-refractivity contribution in [1.82, 2.24) is 9.80 Å². The molecule has 1 aliphatic rings. The number of carbonyl (C=O) groups is 1. The molecule has 0 bridgehead atoms. The van der Waals surface area contributed by atoms with Gasteiger partial charge in [-0.15, -0.1) is 0 Å². The molecule has 1 aromatic rings. The molecular formula is C13H17BrN2O2. The topological polar surface area (TPSA) is 36.7 Å². The summed E-state index contributed by atoms with van der Waals surface area (Å²) in [6.45, 7) is 9.72. The van der Waals surface area contributed by atoms with Gasteiger partial charge in [0.05, 0.1) is 0 Å². The molecule has 5 heteroatoms. The molecule has 0 saturated carbocycles. The number of rotatable bonds is 3. The third-order valence-electron chi connectivity index (χ3n) is 3.01. The Labute approximate surface area is 115 Å². The zero-order valence-electron chi connectivity index (χ0n) is 10.5. The first-order chi connectivity index (χ1) is 8.56. The van der Waals surface area contributed by atoms with Crippen LogP contribution in [-0.2, 0) is 0 Å². The van der Waals surface area contributed by atoms with Crippen LogP contribution in [0.1, 0.15) is 16.3 Å². The smallest absolute Gasteiger partial charge is 0.289 e. The van der Waals surface area contributed by atoms with Gasteiger partial charge in [-0.25, -0.2) is 0 Å². The van der Waals surface area contributed by atoms with Crippen molar-refractivity contribution in [3.8, 4) is 0 Å². The fourth-order valence-corrected chi connectivity index (χ4v) is 2.41. The minimum absolute atomic E-state index is 0.0135. The zero-order chi connectivity index (χ0) is 13.1. The van der Waals surface area contributed by atoms with Crippen molar-refractivity contribution in [2.45, 2.75) is 6.92 Å². The summed E-state index contributed by atoms with van der Waals surface area (Å²) >= 11 is 3.36. The van der Waals surface area contributed by atoms with E-state index in [4.69, 9.17) is 4.42 Å². The molecule has 1 fully saturated rings. The molecule has 0 aromatic carbocycles. The van der Waals surface area contributed by atoms with Crippen LogP contribution in [-0.4, -0.2) is 48.4 Å². The summed E-state index contributed by atoms with van der Waals surface area (Å²) in [6, 6.07) is 3.56. The first-order valence-corrected chi connectivity index (χ1v) is 6.77. The third-order valence-corrected chi connectivity index (χ3v) is 3.26. The third kappa shape index (κ3) is 3.23. The Morgan fingerprint density at radius 2 is 2.06 bits per heavy atom. The van der Waals surface area contributed by atoms with E-state index in [0.717, 1.165) is 43.0 Å². The molecule has 0 unspecified atom stereocenters. The minimum Gasteiger partial charge on any atom is -0.456 e. The molecular weight excluding hydrogens is 296 g/mol.